The summed E-state index contributed by atoms with van der Waals surface area (Å²) in [5.74, 6) is -0.0636. The fraction of sp³-hybridized carbons (Fsp3) is 0.333. The maximum Gasteiger partial charge on any atom is 0.260 e. The molecule has 0 aliphatic carbocycles. The molecule has 0 bridgehead atoms. The number of carbonyl (C=O) groups is 2. The SMILES string of the molecule is C[C@H]1CC[C@H](C(N)=O)CN1C(=O)COc1ccccc1-c1ccccc1. The average molecular weight is 352 g/mol. The quantitative estimate of drug-likeness (QED) is 0.899. The largest absolute Gasteiger partial charge is 0.483 e. The lowest BCUT2D eigenvalue weighted by Crippen LogP contribution is -2.50. The molecule has 0 spiro atoms. The zero-order chi connectivity index (χ0) is 18.5. The van der Waals surface area contributed by atoms with E-state index in [0.29, 0.717) is 12.3 Å². The normalized spacial score (nSPS) is 19.8. The van der Waals surface area contributed by atoms with Crippen molar-refractivity contribution < 1.29 is 14.3 Å². The summed E-state index contributed by atoms with van der Waals surface area (Å²) >= 11 is 0. The lowest BCUT2D eigenvalue weighted by Gasteiger charge is -2.36. The van der Waals surface area contributed by atoms with Gasteiger partial charge in [0, 0.05) is 18.2 Å². The van der Waals surface area contributed by atoms with E-state index >= 15 is 0 Å². The minimum absolute atomic E-state index is 0.0559. The van der Waals surface area contributed by atoms with Crippen molar-refractivity contribution in [2.75, 3.05) is 13.2 Å². The van der Waals surface area contributed by atoms with Crippen LogP contribution in [0.25, 0.3) is 11.1 Å². The molecule has 2 N–H and O–H groups in total. The number of likely N-dealkylation sites (tertiary alicyclic amines) is 1. The van der Waals surface area contributed by atoms with Crippen LogP contribution >= 0.6 is 0 Å². The Kier molecular flexibility index (Phi) is 5.56. The van der Waals surface area contributed by atoms with E-state index < -0.39 is 0 Å². The molecule has 1 aliphatic rings. The molecule has 2 aromatic carbocycles. The topological polar surface area (TPSA) is 72.6 Å². The van der Waals surface area contributed by atoms with Gasteiger partial charge in [0.2, 0.25) is 5.91 Å². The van der Waals surface area contributed by atoms with Crippen LogP contribution < -0.4 is 10.5 Å². The maximum atomic E-state index is 12.6. The second-order valence-electron chi connectivity index (χ2n) is 6.72. The molecular formula is C21H24N2O3. The highest BCUT2D eigenvalue weighted by Gasteiger charge is 2.31. The number of primary amides is 1. The minimum atomic E-state index is -0.343. The molecule has 0 saturated carbocycles. The van der Waals surface area contributed by atoms with Crippen molar-refractivity contribution in [1.29, 1.82) is 0 Å². The van der Waals surface area contributed by atoms with Gasteiger partial charge < -0.3 is 15.4 Å². The van der Waals surface area contributed by atoms with Crippen LogP contribution in [0.4, 0.5) is 0 Å². The van der Waals surface area contributed by atoms with Gasteiger partial charge in [-0.2, -0.15) is 0 Å². The van der Waals surface area contributed by atoms with Crippen LogP contribution in [0.2, 0.25) is 0 Å². The van der Waals surface area contributed by atoms with Gasteiger partial charge in [-0.25, -0.2) is 0 Å². The molecule has 26 heavy (non-hydrogen) atoms. The second-order valence-corrected chi connectivity index (χ2v) is 6.72. The van der Waals surface area contributed by atoms with Crippen molar-refractivity contribution >= 4 is 11.8 Å². The number of piperidine rings is 1. The molecule has 2 aromatic rings. The first-order chi connectivity index (χ1) is 12.6. The lowest BCUT2D eigenvalue weighted by atomic mass is 9.93. The van der Waals surface area contributed by atoms with Gasteiger partial charge in [-0.1, -0.05) is 48.5 Å². The predicted octanol–water partition coefficient (Wildman–Crippen LogP) is 2.84. The number of rotatable bonds is 5. The molecule has 1 saturated heterocycles. The number of para-hydroxylation sites is 1. The third-order valence-corrected chi connectivity index (χ3v) is 4.93. The van der Waals surface area contributed by atoms with Crippen LogP contribution in [0.3, 0.4) is 0 Å². The van der Waals surface area contributed by atoms with Crippen LogP contribution in [-0.2, 0) is 9.59 Å². The van der Waals surface area contributed by atoms with Gasteiger partial charge >= 0.3 is 0 Å². The van der Waals surface area contributed by atoms with Crippen LogP contribution in [0.5, 0.6) is 5.75 Å². The highest BCUT2D eigenvalue weighted by molar-refractivity contribution is 5.81. The zero-order valence-corrected chi connectivity index (χ0v) is 14.9. The molecule has 3 rings (SSSR count). The van der Waals surface area contributed by atoms with Crippen molar-refractivity contribution in [3.05, 3.63) is 54.6 Å². The van der Waals surface area contributed by atoms with Gasteiger partial charge in [-0.15, -0.1) is 0 Å². The Labute approximate surface area is 153 Å². The van der Waals surface area contributed by atoms with Gasteiger partial charge in [0.05, 0.1) is 5.92 Å². The van der Waals surface area contributed by atoms with Crippen molar-refractivity contribution in [2.45, 2.75) is 25.8 Å². The maximum absolute atomic E-state index is 12.6. The Balaban J connectivity index is 1.69. The molecule has 0 unspecified atom stereocenters. The smallest absolute Gasteiger partial charge is 0.260 e. The Bertz CT molecular complexity index is 776. The van der Waals surface area contributed by atoms with Gasteiger partial charge in [0.15, 0.2) is 6.61 Å². The summed E-state index contributed by atoms with van der Waals surface area (Å²) in [4.78, 5) is 25.8. The van der Waals surface area contributed by atoms with E-state index in [1.807, 2.05) is 61.5 Å². The Morgan fingerprint density at radius 3 is 2.50 bits per heavy atom. The summed E-state index contributed by atoms with van der Waals surface area (Å²) in [5, 5.41) is 0. The number of hydrogen-bond acceptors (Lipinski definition) is 3. The molecule has 1 fully saturated rings. The molecule has 136 valence electrons. The van der Waals surface area contributed by atoms with Crippen LogP contribution in [0.15, 0.2) is 54.6 Å². The van der Waals surface area contributed by atoms with Crippen LogP contribution in [0, 0.1) is 5.92 Å². The Morgan fingerprint density at radius 1 is 1.08 bits per heavy atom. The molecule has 0 aromatic heterocycles. The summed E-state index contributed by atoms with van der Waals surface area (Å²) in [6, 6.07) is 17.7. The monoisotopic (exact) mass is 352 g/mol. The van der Waals surface area contributed by atoms with Crippen molar-refractivity contribution in [3.8, 4) is 16.9 Å². The van der Waals surface area contributed by atoms with Gasteiger partial charge in [-0.05, 0) is 31.4 Å². The van der Waals surface area contributed by atoms with Gasteiger partial charge in [0.1, 0.15) is 5.75 Å². The van der Waals surface area contributed by atoms with E-state index in [4.69, 9.17) is 10.5 Å². The Morgan fingerprint density at radius 2 is 1.77 bits per heavy atom. The zero-order valence-electron chi connectivity index (χ0n) is 14.9. The first kappa shape index (κ1) is 18.0. The number of carbonyl (C=O) groups excluding carboxylic acids is 2. The number of amides is 2. The fourth-order valence-electron chi connectivity index (χ4n) is 3.36. The van der Waals surface area contributed by atoms with Crippen molar-refractivity contribution in [1.82, 2.24) is 4.90 Å². The molecule has 1 heterocycles. The average Bonchev–Trinajstić information content (AvgIpc) is 2.67. The molecule has 0 radical (unpaired) electrons. The number of benzene rings is 2. The predicted molar refractivity (Wildman–Crippen MR) is 100 cm³/mol. The van der Waals surface area contributed by atoms with Gasteiger partial charge in [0.25, 0.3) is 5.91 Å². The number of nitrogens with two attached hydrogens (primary N) is 1. The molecule has 5 nitrogen and oxygen atoms in total. The van der Waals surface area contributed by atoms with Crippen LogP contribution in [-0.4, -0.2) is 35.9 Å². The highest BCUT2D eigenvalue weighted by Crippen LogP contribution is 2.30. The number of nitrogens with zero attached hydrogens (tertiary/aromatic N) is 1. The van der Waals surface area contributed by atoms with Crippen molar-refractivity contribution in [3.63, 3.8) is 0 Å². The summed E-state index contributed by atoms with van der Waals surface area (Å²) in [5.41, 5.74) is 7.40. The highest BCUT2D eigenvalue weighted by atomic mass is 16.5. The third kappa shape index (κ3) is 4.04. The molecule has 2 amide bonds. The molecular weight excluding hydrogens is 328 g/mol. The van der Waals surface area contributed by atoms with Crippen molar-refractivity contribution in [2.24, 2.45) is 11.7 Å². The Hall–Kier alpha value is -2.82. The summed E-state index contributed by atoms with van der Waals surface area (Å²) in [6.45, 7) is 2.31. The molecule has 1 aliphatic heterocycles. The van der Waals surface area contributed by atoms with E-state index in [9.17, 15) is 9.59 Å². The van der Waals surface area contributed by atoms with E-state index in [2.05, 4.69) is 0 Å². The van der Waals surface area contributed by atoms with E-state index in [0.717, 1.165) is 24.0 Å². The lowest BCUT2D eigenvalue weighted by molar-refractivity contribution is -0.139. The third-order valence-electron chi connectivity index (χ3n) is 4.93. The minimum Gasteiger partial charge on any atom is -0.483 e. The van der Waals surface area contributed by atoms with E-state index in [1.54, 1.807) is 4.90 Å². The summed E-state index contributed by atoms with van der Waals surface area (Å²) in [7, 11) is 0. The standard InChI is InChI=1S/C21H24N2O3/c1-15-11-12-17(21(22)25)13-23(15)20(24)14-26-19-10-6-5-9-18(19)16-7-3-2-4-8-16/h2-10,15,17H,11-14H2,1H3,(H2,22,25)/t15-,17-/m0/s1. The second kappa shape index (κ2) is 8.04. The fourth-order valence-corrected chi connectivity index (χ4v) is 3.36. The molecule has 2 atom stereocenters. The summed E-state index contributed by atoms with van der Waals surface area (Å²) in [6.07, 6.45) is 1.51. The molecule has 5 heteroatoms. The van der Waals surface area contributed by atoms with E-state index in [1.165, 1.54) is 0 Å². The first-order valence-corrected chi connectivity index (χ1v) is 8.92. The van der Waals surface area contributed by atoms with Gasteiger partial charge in [-0.3, -0.25) is 9.59 Å². The first-order valence-electron chi connectivity index (χ1n) is 8.92. The number of ether oxygens (including phenoxy) is 1. The number of hydrogen-bond donors (Lipinski definition) is 1. The van der Waals surface area contributed by atoms with E-state index in [-0.39, 0.29) is 30.4 Å². The summed E-state index contributed by atoms with van der Waals surface area (Å²) < 4.78 is 5.84. The van der Waals surface area contributed by atoms with Crippen LogP contribution in [0.1, 0.15) is 19.8 Å².